The van der Waals surface area contributed by atoms with Crippen LogP contribution in [0.3, 0.4) is 0 Å². The van der Waals surface area contributed by atoms with Crippen molar-refractivity contribution in [3.63, 3.8) is 0 Å². The molecule has 0 aromatic heterocycles. The Labute approximate surface area is 166 Å². The molecule has 0 aliphatic carbocycles. The zero-order valence-electron chi connectivity index (χ0n) is 14.1. The summed E-state index contributed by atoms with van der Waals surface area (Å²) in [6.07, 6.45) is 2.79. The van der Waals surface area contributed by atoms with Crippen LogP contribution in [0.5, 0.6) is 0 Å². The van der Waals surface area contributed by atoms with Gasteiger partial charge >= 0.3 is 0 Å². The Bertz CT molecular complexity index is 1020. The minimum Gasteiger partial charge on any atom is -0.274 e. The first-order valence-electron chi connectivity index (χ1n) is 8.24. The van der Waals surface area contributed by atoms with Gasteiger partial charge in [-0.2, -0.15) is 10.2 Å². The van der Waals surface area contributed by atoms with E-state index in [9.17, 15) is 4.79 Å². The number of carbonyl (C=O) groups excluding carboxylic acids is 1. The van der Waals surface area contributed by atoms with E-state index < -0.39 is 0 Å². The number of hydrogen-bond acceptors (Lipinski definition) is 4. The smallest absolute Gasteiger partial charge is 0.274 e. The Morgan fingerprint density at radius 1 is 0.889 bits per heavy atom. The lowest BCUT2D eigenvalue weighted by Crippen LogP contribution is -2.29. The lowest BCUT2D eigenvalue weighted by Gasteiger charge is -2.29. The fourth-order valence-electron chi connectivity index (χ4n) is 2.77. The molecule has 1 aliphatic rings. The van der Waals surface area contributed by atoms with Gasteiger partial charge in [0.2, 0.25) is 0 Å². The molecule has 0 bridgehead atoms. The largest absolute Gasteiger partial charge is 0.275 e. The number of carbonyl (C=O) groups is 1. The number of fused-ring (bicyclic) bond motifs is 2. The van der Waals surface area contributed by atoms with Crippen LogP contribution in [-0.4, -0.2) is 18.3 Å². The van der Waals surface area contributed by atoms with Crippen LogP contribution in [-0.2, 0) is 4.79 Å². The molecule has 0 unspecified atom stereocenters. The summed E-state index contributed by atoms with van der Waals surface area (Å²) in [5.41, 5.74) is 2.50. The van der Waals surface area contributed by atoms with E-state index in [-0.39, 0.29) is 5.91 Å². The third-order valence-corrected chi connectivity index (χ3v) is 5.31. The van der Waals surface area contributed by atoms with E-state index in [1.165, 1.54) is 6.21 Å². The van der Waals surface area contributed by atoms with E-state index in [0.29, 0.717) is 5.02 Å². The zero-order chi connectivity index (χ0) is 18.6. The van der Waals surface area contributed by atoms with Gasteiger partial charge in [0.25, 0.3) is 5.91 Å². The van der Waals surface area contributed by atoms with E-state index in [1.54, 1.807) is 35.0 Å². The van der Waals surface area contributed by atoms with Gasteiger partial charge in [0.1, 0.15) is 6.21 Å². The van der Waals surface area contributed by atoms with Gasteiger partial charge in [-0.15, -0.1) is 0 Å². The maximum atomic E-state index is 12.9. The number of halogens is 1. The molecular weight excluding hydrogens is 378 g/mol. The third-order valence-electron chi connectivity index (χ3n) is 3.94. The molecule has 3 aromatic rings. The van der Waals surface area contributed by atoms with Crippen molar-refractivity contribution in [2.75, 3.05) is 4.90 Å². The maximum absolute atomic E-state index is 12.9. The van der Waals surface area contributed by atoms with Crippen molar-refractivity contribution >= 4 is 53.1 Å². The highest BCUT2D eigenvalue weighted by molar-refractivity contribution is 7.99. The molecule has 0 fully saturated rings. The average Bonchev–Trinajstić information content (AvgIpc) is 2.69. The highest BCUT2D eigenvalue weighted by atomic mass is 35.5. The summed E-state index contributed by atoms with van der Waals surface area (Å²) in [6.45, 7) is 0. The number of amides is 1. The van der Waals surface area contributed by atoms with Gasteiger partial charge in [0, 0.05) is 14.8 Å². The molecule has 1 aliphatic heterocycles. The number of hydrogen-bond donors (Lipinski definition) is 0. The molecule has 0 atom stereocenters. The zero-order valence-corrected chi connectivity index (χ0v) is 15.7. The van der Waals surface area contributed by atoms with Crippen LogP contribution in [0.15, 0.2) is 92.8 Å². The second-order valence-corrected chi connectivity index (χ2v) is 7.28. The van der Waals surface area contributed by atoms with Crippen LogP contribution < -0.4 is 4.90 Å². The van der Waals surface area contributed by atoms with Gasteiger partial charge in [-0.3, -0.25) is 9.69 Å². The normalized spacial score (nSPS) is 13.0. The fourth-order valence-corrected chi connectivity index (χ4v) is 4.03. The Morgan fingerprint density at radius 3 is 2.22 bits per heavy atom. The Hall–Kier alpha value is -2.89. The standard InChI is InChI=1S/C21H14ClN3OS/c22-16-7-5-6-15(12-16)13-23-24-14-21(26)25-17-8-1-3-10-19(17)27-20-11-4-2-9-18(20)25/h1-14H/b23-13+,24-14+. The number of anilines is 2. The molecule has 0 saturated carbocycles. The molecule has 1 heterocycles. The van der Waals surface area contributed by atoms with Crippen molar-refractivity contribution in [3.05, 3.63) is 83.4 Å². The van der Waals surface area contributed by atoms with Gasteiger partial charge in [-0.05, 0) is 42.0 Å². The summed E-state index contributed by atoms with van der Waals surface area (Å²) < 4.78 is 0. The van der Waals surface area contributed by atoms with Crippen LogP contribution in [0.1, 0.15) is 5.56 Å². The molecule has 0 spiro atoms. The molecule has 0 N–H and O–H groups in total. The van der Waals surface area contributed by atoms with Crippen molar-refractivity contribution in [2.24, 2.45) is 10.2 Å². The maximum Gasteiger partial charge on any atom is 0.275 e. The van der Waals surface area contributed by atoms with Crippen molar-refractivity contribution in [3.8, 4) is 0 Å². The van der Waals surface area contributed by atoms with E-state index in [2.05, 4.69) is 10.2 Å². The van der Waals surface area contributed by atoms with E-state index >= 15 is 0 Å². The van der Waals surface area contributed by atoms with Crippen LogP contribution in [0.2, 0.25) is 5.02 Å². The highest BCUT2D eigenvalue weighted by Gasteiger charge is 2.26. The monoisotopic (exact) mass is 391 g/mol. The van der Waals surface area contributed by atoms with Gasteiger partial charge in [0.05, 0.1) is 17.6 Å². The third kappa shape index (κ3) is 3.79. The van der Waals surface area contributed by atoms with Gasteiger partial charge < -0.3 is 0 Å². The predicted octanol–water partition coefficient (Wildman–Crippen LogP) is 5.57. The minimum absolute atomic E-state index is 0.251. The van der Waals surface area contributed by atoms with Gasteiger partial charge in [0.15, 0.2) is 0 Å². The second kappa shape index (κ2) is 7.78. The average molecular weight is 392 g/mol. The summed E-state index contributed by atoms with van der Waals surface area (Å²) in [4.78, 5) is 16.6. The van der Waals surface area contributed by atoms with E-state index in [4.69, 9.17) is 11.6 Å². The van der Waals surface area contributed by atoms with Gasteiger partial charge in [-0.1, -0.05) is 59.8 Å². The Kier molecular flexibility index (Phi) is 5.05. The Morgan fingerprint density at radius 2 is 1.56 bits per heavy atom. The summed E-state index contributed by atoms with van der Waals surface area (Å²) in [5, 5.41) is 8.51. The van der Waals surface area contributed by atoms with Crippen LogP contribution >= 0.6 is 23.4 Å². The second-order valence-electron chi connectivity index (χ2n) is 5.76. The molecule has 6 heteroatoms. The predicted molar refractivity (Wildman–Crippen MR) is 112 cm³/mol. The van der Waals surface area contributed by atoms with Crippen molar-refractivity contribution in [2.45, 2.75) is 9.79 Å². The molecule has 1 amide bonds. The first-order valence-corrected chi connectivity index (χ1v) is 9.44. The SMILES string of the molecule is O=C(/C=N/N=C/c1cccc(Cl)c1)N1c2ccccc2Sc2ccccc21. The van der Waals surface area contributed by atoms with Crippen molar-refractivity contribution in [1.29, 1.82) is 0 Å². The first kappa shape index (κ1) is 17.5. The van der Waals surface area contributed by atoms with E-state index in [1.807, 2.05) is 60.7 Å². The summed E-state index contributed by atoms with van der Waals surface area (Å²) in [6, 6.07) is 22.9. The van der Waals surface area contributed by atoms with E-state index in [0.717, 1.165) is 26.7 Å². The first-order chi connectivity index (χ1) is 13.2. The van der Waals surface area contributed by atoms with Crippen LogP contribution in [0.25, 0.3) is 0 Å². The quantitative estimate of drug-likeness (QED) is 0.432. The molecule has 27 heavy (non-hydrogen) atoms. The lowest BCUT2D eigenvalue weighted by molar-refractivity contribution is -0.111. The summed E-state index contributed by atoms with van der Waals surface area (Å²) >= 11 is 7.59. The number of para-hydroxylation sites is 2. The van der Waals surface area contributed by atoms with Crippen LogP contribution in [0, 0.1) is 0 Å². The molecule has 132 valence electrons. The van der Waals surface area contributed by atoms with Gasteiger partial charge in [-0.25, -0.2) is 0 Å². The van der Waals surface area contributed by atoms with Crippen LogP contribution in [0.4, 0.5) is 11.4 Å². The molecule has 0 saturated heterocycles. The highest BCUT2D eigenvalue weighted by Crippen LogP contribution is 2.47. The summed E-state index contributed by atoms with van der Waals surface area (Å²) in [7, 11) is 0. The van der Waals surface area contributed by atoms with Crippen molar-refractivity contribution in [1.82, 2.24) is 0 Å². The topological polar surface area (TPSA) is 45.0 Å². The summed E-state index contributed by atoms with van der Waals surface area (Å²) in [5.74, 6) is -0.251. The molecular formula is C21H14ClN3OS. The Balaban J connectivity index is 1.60. The molecule has 4 nitrogen and oxygen atoms in total. The lowest BCUT2D eigenvalue weighted by atomic mass is 10.2. The number of benzene rings is 3. The van der Waals surface area contributed by atoms with Crippen molar-refractivity contribution < 1.29 is 4.79 Å². The molecule has 4 rings (SSSR count). The fraction of sp³-hybridized carbons (Fsp3) is 0. The number of nitrogens with zero attached hydrogens (tertiary/aromatic N) is 3. The molecule has 3 aromatic carbocycles. The minimum atomic E-state index is -0.251. The molecule has 0 radical (unpaired) electrons. The number of rotatable bonds is 3.